The average molecular weight is 281 g/mol. The average Bonchev–Trinajstić information content (AvgIpc) is 3.16. The molecule has 0 radical (unpaired) electrons. The van der Waals surface area contributed by atoms with Gasteiger partial charge in [-0.3, -0.25) is 15.8 Å². The molecule has 6 atom stereocenters. The Labute approximate surface area is 121 Å². The zero-order valence-corrected chi connectivity index (χ0v) is 12.1. The molecule has 5 nitrogen and oxygen atoms in total. The first-order valence-corrected chi connectivity index (χ1v) is 8.39. The molecule has 0 amide bonds. The van der Waals surface area contributed by atoms with E-state index in [2.05, 4.69) is 15.8 Å². The first-order chi connectivity index (χ1) is 9.84. The van der Waals surface area contributed by atoms with Gasteiger partial charge in [0.15, 0.2) is 0 Å². The van der Waals surface area contributed by atoms with Crippen LogP contribution < -0.4 is 10.9 Å². The smallest absolute Gasteiger partial charge is 0.124 e. The van der Waals surface area contributed by atoms with Crippen LogP contribution >= 0.6 is 0 Å². The molecular weight excluding hydrogens is 254 g/mol. The highest BCUT2D eigenvalue weighted by molar-refractivity contribution is 5.02. The van der Waals surface area contributed by atoms with E-state index in [9.17, 15) is 5.11 Å². The molecule has 0 aromatic carbocycles. The predicted molar refractivity (Wildman–Crippen MR) is 75.8 cm³/mol. The summed E-state index contributed by atoms with van der Waals surface area (Å²) in [7, 11) is 0. The zero-order valence-electron chi connectivity index (χ0n) is 12.1. The first kappa shape index (κ1) is 13.5. The van der Waals surface area contributed by atoms with Crippen LogP contribution in [0.4, 0.5) is 0 Å². The maximum Gasteiger partial charge on any atom is 0.124 e. The minimum Gasteiger partial charge on any atom is -0.377 e. The number of hydrazine groups is 1. The lowest BCUT2D eigenvalue weighted by Crippen LogP contribution is -2.54. The quantitative estimate of drug-likeness (QED) is 0.686. The molecule has 1 aliphatic carbocycles. The minimum atomic E-state index is -0.372. The van der Waals surface area contributed by atoms with E-state index in [1.54, 1.807) is 0 Å². The van der Waals surface area contributed by atoms with E-state index in [1.807, 2.05) is 0 Å². The second kappa shape index (κ2) is 5.54. The van der Waals surface area contributed by atoms with Crippen molar-refractivity contribution in [2.45, 2.75) is 62.9 Å². The molecule has 0 aromatic heterocycles. The molecule has 20 heavy (non-hydrogen) atoms. The van der Waals surface area contributed by atoms with E-state index in [-0.39, 0.29) is 12.3 Å². The number of likely N-dealkylation sites (tertiary alicyclic amines) is 1. The number of nitrogens with zero attached hydrogens (tertiary/aromatic N) is 1. The normalized spacial score (nSPS) is 47.0. The summed E-state index contributed by atoms with van der Waals surface area (Å²) in [5, 5.41) is 10.7. The van der Waals surface area contributed by atoms with Gasteiger partial charge in [0.05, 0.1) is 18.8 Å². The summed E-state index contributed by atoms with van der Waals surface area (Å²) in [5.74, 6) is 1.04. The van der Waals surface area contributed by atoms with Crippen molar-refractivity contribution in [3.63, 3.8) is 0 Å². The number of rotatable bonds is 2. The lowest BCUT2D eigenvalue weighted by molar-refractivity contribution is -0.101. The Morgan fingerprint density at radius 2 is 1.80 bits per heavy atom. The van der Waals surface area contributed by atoms with Gasteiger partial charge in [0, 0.05) is 31.0 Å². The fourth-order valence-electron chi connectivity index (χ4n) is 4.77. The van der Waals surface area contributed by atoms with Crippen LogP contribution in [-0.2, 0) is 4.74 Å². The second-order valence-electron chi connectivity index (χ2n) is 6.98. The number of hydrogen-bond donors (Lipinski definition) is 3. The third-order valence-corrected chi connectivity index (χ3v) is 5.89. The summed E-state index contributed by atoms with van der Waals surface area (Å²) < 4.78 is 6.13. The van der Waals surface area contributed by atoms with Crippen molar-refractivity contribution in [3.05, 3.63) is 0 Å². The maximum atomic E-state index is 10.7. The van der Waals surface area contributed by atoms with Crippen LogP contribution in [0.25, 0.3) is 0 Å². The van der Waals surface area contributed by atoms with Gasteiger partial charge in [-0.2, -0.15) is 0 Å². The van der Waals surface area contributed by atoms with Crippen molar-refractivity contribution in [1.29, 1.82) is 0 Å². The lowest BCUT2D eigenvalue weighted by atomic mass is 9.74. The van der Waals surface area contributed by atoms with Crippen LogP contribution in [0.5, 0.6) is 0 Å². The van der Waals surface area contributed by atoms with E-state index in [1.165, 1.54) is 38.5 Å². The molecular formula is C15H27N3O2. The predicted octanol–water partition coefficient (Wildman–Crippen LogP) is 0.451. The van der Waals surface area contributed by atoms with Crippen LogP contribution in [0, 0.1) is 11.8 Å². The van der Waals surface area contributed by atoms with Crippen molar-refractivity contribution >= 4 is 0 Å². The third kappa shape index (κ3) is 2.20. The highest BCUT2D eigenvalue weighted by Crippen LogP contribution is 2.39. The molecule has 3 N–H and O–H groups in total. The van der Waals surface area contributed by atoms with Gasteiger partial charge in [0.25, 0.3) is 0 Å². The summed E-state index contributed by atoms with van der Waals surface area (Å²) in [5.41, 5.74) is 6.88. The monoisotopic (exact) mass is 281 g/mol. The van der Waals surface area contributed by atoms with Crippen LogP contribution in [0.1, 0.15) is 38.5 Å². The molecule has 3 saturated heterocycles. The van der Waals surface area contributed by atoms with Crippen molar-refractivity contribution < 1.29 is 9.84 Å². The van der Waals surface area contributed by atoms with Gasteiger partial charge >= 0.3 is 0 Å². The van der Waals surface area contributed by atoms with E-state index in [0.29, 0.717) is 24.0 Å². The number of ether oxygens (including phenoxy) is 1. The zero-order chi connectivity index (χ0) is 13.5. The fraction of sp³-hybridized carbons (Fsp3) is 1.00. The second-order valence-corrected chi connectivity index (χ2v) is 6.98. The van der Waals surface area contributed by atoms with Crippen LogP contribution in [-0.4, -0.2) is 54.1 Å². The van der Waals surface area contributed by atoms with Crippen LogP contribution in [0.2, 0.25) is 0 Å². The minimum absolute atomic E-state index is 0.112. The number of fused-ring (bicyclic) bond motifs is 3. The highest BCUT2D eigenvalue weighted by atomic mass is 16.5. The molecule has 3 heterocycles. The Bertz CT molecular complexity index is 348. The Morgan fingerprint density at radius 3 is 2.65 bits per heavy atom. The van der Waals surface area contributed by atoms with Crippen molar-refractivity contribution in [3.8, 4) is 0 Å². The van der Waals surface area contributed by atoms with Crippen LogP contribution in [0.15, 0.2) is 0 Å². The highest BCUT2D eigenvalue weighted by Gasteiger charge is 2.50. The molecule has 5 heteroatoms. The van der Waals surface area contributed by atoms with Gasteiger partial charge in [-0.15, -0.1) is 0 Å². The molecule has 0 spiro atoms. The van der Waals surface area contributed by atoms with E-state index >= 15 is 0 Å². The Kier molecular flexibility index (Phi) is 3.73. The molecule has 6 unspecified atom stereocenters. The van der Waals surface area contributed by atoms with Gasteiger partial charge in [0.1, 0.15) is 6.23 Å². The fourth-order valence-corrected chi connectivity index (χ4v) is 4.77. The van der Waals surface area contributed by atoms with Gasteiger partial charge < -0.3 is 9.84 Å². The molecule has 1 saturated carbocycles. The van der Waals surface area contributed by atoms with E-state index in [4.69, 9.17) is 4.74 Å². The SMILES string of the molecule is OC(C1NNC2C3CCCCC3OCC21)N1CCCC1. The maximum absolute atomic E-state index is 10.7. The van der Waals surface area contributed by atoms with Gasteiger partial charge in [0.2, 0.25) is 0 Å². The third-order valence-electron chi connectivity index (χ3n) is 5.89. The van der Waals surface area contributed by atoms with Gasteiger partial charge in [-0.25, -0.2) is 0 Å². The van der Waals surface area contributed by atoms with Crippen molar-refractivity contribution in [2.24, 2.45) is 11.8 Å². The van der Waals surface area contributed by atoms with Gasteiger partial charge in [-0.05, 0) is 25.7 Å². The molecule has 4 fully saturated rings. The van der Waals surface area contributed by atoms with E-state index < -0.39 is 0 Å². The largest absolute Gasteiger partial charge is 0.377 e. The Morgan fingerprint density at radius 1 is 1.00 bits per heavy atom. The summed E-state index contributed by atoms with van der Waals surface area (Å²) in [6, 6.07) is 0.595. The molecule has 4 rings (SSSR count). The number of aliphatic hydroxyl groups excluding tert-OH is 1. The van der Waals surface area contributed by atoms with Crippen molar-refractivity contribution in [1.82, 2.24) is 15.8 Å². The lowest BCUT2D eigenvalue weighted by Gasteiger charge is -2.43. The van der Waals surface area contributed by atoms with Gasteiger partial charge in [-0.1, -0.05) is 12.8 Å². The molecule has 3 aliphatic heterocycles. The molecule has 114 valence electrons. The topological polar surface area (TPSA) is 56.8 Å². The van der Waals surface area contributed by atoms with Crippen molar-refractivity contribution in [2.75, 3.05) is 19.7 Å². The summed E-state index contributed by atoms with van der Waals surface area (Å²) in [4.78, 5) is 2.22. The molecule has 0 bridgehead atoms. The summed E-state index contributed by atoms with van der Waals surface area (Å²) >= 11 is 0. The van der Waals surface area contributed by atoms with Crippen LogP contribution in [0.3, 0.4) is 0 Å². The Balaban J connectivity index is 1.46. The summed E-state index contributed by atoms with van der Waals surface area (Å²) in [6.45, 7) is 2.86. The number of hydrogen-bond acceptors (Lipinski definition) is 5. The summed E-state index contributed by atoms with van der Waals surface area (Å²) in [6.07, 6.45) is 7.63. The molecule has 0 aromatic rings. The molecule has 4 aliphatic rings. The number of aliphatic hydroxyl groups is 1. The standard InChI is InChI=1S/C15H27N3O2/c19-15(18-7-3-4-8-18)14-11-9-20-12-6-2-1-5-10(12)13(11)16-17-14/h10-17,19H,1-9H2. The Hall–Kier alpha value is -0.200. The first-order valence-electron chi connectivity index (χ1n) is 8.39. The van der Waals surface area contributed by atoms with E-state index in [0.717, 1.165) is 19.7 Å². The number of nitrogens with one attached hydrogen (secondary N) is 2.